The van der Waals surface area contributed by atoms with Crippen LogP contribution in [0.25, 0.3) is 0 Å². The van der Waals surface area contributed by atoms with Gasteiger partial charge in [-0.15, -0.1) is 0 Å². The highest BCUT2D eigenvalue weighted by atomic mass is 16.5. The molecule has 1 saturated heterocycles. The van der Waals surface area contributed by atoms with Crippen molar-refractivity contribution in [3.63, 3.8) is 0 Å². The van der Waals surface area contributed by atoms with Crippen LogP contribution < -0.4 is 0 Å². The summed E-state index contributed by atoms with van der Waals surface area (Å²) in [5.41, 5.74) is 0. The van der Waals surface area contributed by atoms with Crippen molar-refractivity contribution in [1.82, 2.24) is 0 Å². The third-order valence-electron chi connectivity index (χ3n) is 3.45. The second kappa shape index (κ2) is 8.86. The van der Waals surface area contributed by atoms with Crippen LogP contribution >= 0.6 is 0 Å². The molecule has 0 bridgehead atoms. The highest BCUT2D eigenvalue weighted by molar-refractivity contribution is 5.91. The Balaban J connectivity index is 0.000000399. The van der Waals surface area contributed by atoms with Gasteiger partial charge in [0.25, 0.3) is 5.97 Å². The molecule has 4 nitrogen and oxygen atoms in total. The van der Waals surface area contributed by atoms with E-state index in [-0.39, 0.29) is 6.10 Å². The summed E-state index contributed by atoms with van der Waals surface area (Å²) in [6, 6.07) is 0. The number of carbonyl (C=O) groups is 2. The summed E-state index contributed by atoms with van der Waals surface area (Å²) in [5, 5.41) is 7.42. The molecule has 1 saturated carbocycles. The Morgan fingerprint density at radius 2 is 1.74 bits per heavy atom. The van der Waals surface area contributed by atoms with Gasteiger partial charge in [-0.25, -0.2) is 0 Å². The van der Waals surface area contributed by atoms with E-state index < -0.39 is 5.97 Å². The van der Waals surface area contributed by atoms with E-state index in [9.17, 15) is 4.79 Å². The molecular weight excluding hydrogens is 244 g/mol. The van der Waals surface area contributed by atoms with E-state index in [0.717, 1.165) is 39.2 Å². The third-order valence-corrected chi connectivity index (χ3v) is 3.45. The molecule has 1 heterocycles. The van der Waals surface area contributed by atoms with Crippen LogP contribution in [0.1, 0.15) is 51.9 Å². The summed E-state index contributed by atoms with van der Waals surface area (Å²) in [6.07, 6.45) is 12.1. The fourth-order valence-corrected chi connectivity index (χ4v) is 2.48. The number of rotatable bonds is 3. The molecule has 0 amide bonds. The van der Waals surface area contributed by atoms with Gasteiger partial charge in [0.1, 0.15) is 0 Å². The average molecular weight is 268 g/mol. The van der Waals surface area contributed by atoms with Gasteiger partial charge in [0.05, 0.1) is 6.10 Å². The molecule has 0 radical (unpaired) electrons. The van der Waals surface area contributed by atoms with Crippen LogP contribution in [0.5, 0.6) is 0 Å². The van der Waals surface area contributed by atoms with Gasteiger partial charge >= 0.3 is 0 Å². The standard InChI is InChI=1S/C13H20O2.C2H4O2/c14-13(11-5-2-1-3-6-11)9-8-12-7-4-10-15-12;1-2(3)4/h8-9,11-12H,1-7,10H2;1H3,(H,3,4)/b9-8+;. The first-order chi connectivity index (χ1) is 9.09. The minimum absolute atomic E-state index is 0.206. The molecule has 4 heteroatoms. The van der Waals surface area contributed by atoms with Gasteiger partial charge in [-0.05, 0) is 31.8 Å². The Morgan fingerprint density at radius 1 is 1.11 bits per heavy atom. The van der Waals surface area contributed by atoms with Crippen molar-refractivity contribution in [2.24, 2.45) is 5.92 Å². The van der Waals surface area contributed by atoms with E-state index in [1.54, 1.807) is 6.08 Å². The number of carboxylic acid groups (broad SMARTS) is 1. The van der Waals surface area contributed by atoms with E-state index in [0.29, 0.717) is 11.7 Å². The maximum Gasteiger partial charge on any atom is 0.300 e. The lowest BCUT2D eigenvalue weighted by Gasteiger charge is -2.18. The molecule has 0 aromatic carbocycles. The smallest absolute Gasteiger partial charge is 0.300 e. The van der Waals surface area contributed by atoms with Crippen LogP contribution in [0.2, 0.25) is 0 Å². The molecule has 1 aliphatic carbocycles. The number of hydrogen-bond donors (Lipinski definition) is 1. The van der Waals surface area contributed by atoms with Crippen LogP contribution in [-0.2, 0) is 14.3 Å². The summed E-state index contributed by atoms with van der Waals surface area (Å²) in [6.45, 7) is 1.94. The summed E-state index contributed by atoms with van der Waals surface area (Å²) >= 11 is 0. The predicted molar refractivity (Wildman–Crippen MR) is 73.0 cm³/mol. The quantitative estimate of drug-likeness (QED) is 0.799. The fourth-order valence-electron chi connectivity index (χ4n) is 2.48. The Kier molecular flexibility index (Phi) is 7.41. The largest absolute Gasteiger partial charge is 0.481 e. The van der Waals surface area contributed by atoms with Crippen molar-refractivity contribution in [3.8, 4) is 0 Å². The first-order valence-corrected chi connectivity index (χ1v) is 7.12. The predicted octanol–water partition coefficient (Wildman–Crippen LogP) is 2.96. The number of hydrogen-bond acceptors (Lipinski definition) is 3. The molecule has 2 fully saturated rings. The van der Waals surface area contributed by atoms with E-state index in [4.69, 9.17) is 14.6 Å². The molecule has 108 valence electrons. The number of ether oxygens (including phenoxy) is 1. The van der Waals surface area contributed by atoms with E-state index in [2.05, 4.69) is 0 Å². The maximum absolute atomic E-state index is 11.8. The Bertz CT molecular complexity index is 306. The van der Waals surface area contributed by atoms with Gasteiger partial charge in [0.2, 0.25) is 0 Å². The first kappa shape index (κ1) is 15.9. The van der Waals surface area contributed by atoms with Gasteiger partial charge in [-0.2, -0.15) is 0 Å². The number of aliphatic carboxylic acids is 1. The molecule has 2 aliphatic rings. The van der Waals surface area contributed by atoms with E-state index in [1.807, 2.05) is 6.08 Å². The normalized spacial score (nSPS) is 23.9. The lowest BCUT2D eigenvalue weighted by molar-refractivity contribution is -0.134. The van der Waals surface area contributed by atoms with Crippen molar-refractivity contribution < 1.29 is 19.4 Å². The lowest BCUT2D eigenvalue weighted by Crippen LogP contribution is -2.16. The molecule has 1 atom stereocenters. The fraction of sp³-hybridized carbons (Fsp3) is 0.733. The van der Waals surface area contributed by atoms with Crippen molar-refractivity contribution in [1.29, 1.82) is 0 Å². The summed E-state index contributed by atoms with van der Waals surface area (Å²) in [4.78, 5) is 20.8. The monoisotopic (exact) mass is 268 g/mol. The number of carboxylic acids is 1. The van der Waals surface area contributed by atoms with Crippen molar-refractivity contribution in [3.05, 3.63) is 12.2 Å². The van der Waals surface area contributed by atoms with Crippen molar-refractivity contribution >= 4 is 11.8 Å². The molecule has 2 rings (SSSR count). The topological polar surface area (TPSA) is 63.6 Å². The van der Waals surface area contributed by atoms with Crippen LogP contribution in [-0.4, -0.2) is 29.6 Å². The summed E-state index contributed by atoms with van der Waals surface area (Å²) in [7, 11) is 0. The van der Waals surface area contributed by atoms with E-state index >= 15 is 0 Å². The third kappa shape index (κ3) is 7.11. The zero-order valence-electron chi connectivity index (χ0n) is 11.6. The highest BCUT2D eigenvalue weighted by Crippen LogP contribution is 2.25. The number of allylic oxidation sites excluding steroid dienone is 1. The van der Waals surface area contributed by atoms with Gasteiger partial charge in [-0.1, -0.05) is 25.3 Å². The number of ketones is 1. The maximum atomic E-state index is 11.8. The second-order valence-corrected chi connectivity index (χ2v) is 5.17. The molecule has 0 aromatic rings. The van der Waals surface area contributed by atoms with Crippen LogP contribution in [0.4, 0.5) is 0 Å². The van der Waals surface area contributed by atoms with Gasteiger partial charge in [0.15, 0.2) is 5.78 Å². The highest BCUT2D eigenvalue weighted by Gasteiger charge is 2.19. The van der Waals surface area contributed by atoms with Gasteiger partial charge < -0.3 is 9.84 Å². The second-order valence-electron chi connectivity index (χ2n) is 5.17. The Morgan fingerprint density at radius 3 is 2.26 bits per heavy atom. The molecule has 0 aromatic heterocycles. The molecular formula is C15H24O4. The lowest BCUT2D eigenvalue weighted by atomic mass is 9.86. The Hall–Kier alpha value is -1.16. The van der Waals surface area contributed by atoms with Crippen LogP contribution in [0.15, 0.2) is 12.2 Å². The summed E-state index contributed by atoms with van der Waals surface area (Å²) in [5.74, 6) is -0.207. The SMILES string of the molecule is CC(=O)O.O=C(/C=C/C1CCCO1)C1CCCCC1. The number of carbonyl (C=O) groups excluding carboxylic acids is 1. The minimum Gasteiger partial charge on any atom is -0.481 e. The molecule has 19 heavy (non-hydrogen) atoms. The van der Waals surface area contributed by atoms with E-state index in [1.165, 1.54) is 19.3 Å². The molecule has 1 aliphatic heterocycles. The zero-order chi connectivity index (χ0) is 14.1. The zero-order valence-corrected chi connectivity index (χ0v) is 11.6. The molecule has 1 N–H and O–H groups in total. The van der Waals surface area contributed by atoms with Gasteiger partial charge in [0, 0.05) is 19.4 Å². The van der Waals surface area contributed by atoms with Crippen LogP contribution in [0, 0.1) is 5.92 Å². The molecule has 0 spiro atoms. The minimum atomic E-state index is -0.833. The molecule has 1 unspecified atom stereocenters. The summed E-state index contributed by atoms with van der Waals surface area (Å²) < 4.78 is 5.45. The Labute approximate surface area is 114 Å². The first-order valence-electron chi connectivity index (χ1n) is 7.12. The van der Waals surface area contributed by atoms with Crippen LogP contribution in [0.3, 0.4) is 0 Å². The van der Waals surface area contributed by atoms with Crippen molar-refractivity contribution in [2.45, 2.75) is 58.0 Å². The average Bonchev–Trinajstić information content (AvgIpc) is 2.89. The van der Waals surface area contributed by atoms with Gasteiger partial charge in [-0.3, -0.25) is 9.59 Å². The van der Waals surface area contributed by atoms with Crippen molar-refractivity contribution in [2.75, 3.05) is 6.61 Å².